The van der Waals surface area contributed by atoms with Crippen LogP contribution in [0.4, 0.5) is 9.18 Å². The topological polar surface area (TPSA) is 71.5 Å². The van der Waals surface area contributed by atoms with Gasteiger partial charge in [0.05, 0.1) is 5.60 Å². The van der Waals surface area contributed by atoms with Gasteiger partial charge in [-0.05, 0) is 48.8 Å². The summed E-state index contributed by atoms with van der Waals surface area (Å²) >= 11 is 3.07. The van der Waals surface area contributed by atoms with E-state index in [1.807, 2.05) is 0 Å². The number of ether oxygens (including phenoxy) is 1. The summed E-state index contributed by atoms with van der Waals surface area (Å²) in [7, 11) is 0. The second kappa shape index (κ2) is 5.53. The second-order valence-corrected chi connectivity index (χ2v) is 7.07. The molecule has 0 unspecified atom stereocenters. The standard InChI is InChI=1S/C14H18BrFN2O3/c1-13(2,3)21-12(19)17-8-6-14(20,7-8)9-4-5-10(15)18-11(9)16/h4-5,8,20H,6-7H2,1-3H3,(H,17,19)/t8-,14+. The molecule has 2 N–H and O–H groups in total. The average Bonchev–Trinajstić information content (AvgIpc) is 2.23. The summed E-state index contributed by atoms with van der Waals surface area (Å²) in [5.41, 5.74) is -1.73. The molecule has 0 atom stereocenters. The van der Waals surface area contributed by atoms with Crippen LogP contribution < -0.4 is 5.32 Å². The van der Waals surface area contributed by atoms with Crippen LogP contribution in [0.25, 0.3) is 0 Å². The summed E-state index contributed by atoms with van der Waals surface area (Å²) < 4.78 is 19.3. The van der Waals surface area contributed by atoms with E-state index in [1.165, 1.54) is 6.07 Å². The van der Waals surface area contributed by atoms with Crippen molar-refractivity contribution in [3.8, 4) is 0 Å². The van der Waals surface area contributed by atoms with Crippen molar-refractivity contribution in [2.24, 2.45) is 0 Å². The van der Waals surface area contributed by atoms with Gasteiger partial charge in [-0.25, -0.2) is 9.78 Å². The van der Waals surface area contributed by atoms with Crippen LogP contribution in [0.2, 0.25) is 0 Å². The number of alkyl carbamates (subject to hydrolysis) is 1. The highest BCUT2D eigenvalue weighted by Gasteiger charge is 2.47. The van der Waals surface area contributed by atoms with Crippen molar-refractivity contribution in [2.75, 3.05) is 0 Å². The van der Waals surface area contributed by atoms with E-state index in [2.05, 4.69) is 26.2 Å². The highest BCUT2D eigenvalue weighted by molar-refractivity contribution is 9.10. The van der Waals surface area contributed by atoms with Gasteiger partial charge in [0.25, 0.3) is 0 Å². The van der Waals surface area contributed by atoms with E-state index < -0.39 is 23.2 Å². The molecule has 5 nitrogen and oxygen atoms in total. The second-order valence-electron chi connectivity index (χ2n) is 6.26. The Balaban J connectivity index is 1.94. The van der Waals surface area contributed by atoms with Crippen molar-refractivity contribution in [1.82, 2.24) is 10.3 Å². The predicted octanol–water partition coefficient (Wildman–Crippen LogP) is 2.86. The molecule has 0 aromatic carbocycles. The molecule has 0 spiro atoms. The van der Waals surface area contributed by atoms with E-state index in [0.717, 1.165) is 0 Å². The van der Waals surface area contributed by atoms with Gasteiger partial charge in [-0.1, -0.05) is 0 Å². The Morgan fingerprint density at radius 3 is 2.67 bits per heavy atom. The highest BCUT2D eigenvalue weighted by Crippen LogP contribution is 2.42. The number of pyridine rings is 1. The molecule has 1 saturated carbocycles. The van der Waals surface area contributed by atoms with Crippen LogP contribution in [0.15, 0.2) is 16.7 Å². The quantitative estimate of drug-likeness (QED) is 0.795. The average molecular weight is 361 g/mol. The first-order valence-electron chi connectivity index (χ1n) is 6.63. The lowest BCUT2D eigenvalue weighted by atomic mass is 9.71. The van der Waals surface area contributed by atoms with Crippen molar-refractivity contribution in [2.45, 2.75) is 50.9 Å². The van der Waals surface area contributed by atoms with Crippen LogP contribution in [-0.4, -0.2) is 27.8 Å². The largest absolute Gasteiger partial charge is 0.444 e. The van der Waals surface area contributed by atoms with Crippen LogP contribution in [0.1, 0.15) is 39.2 Å². The molecule has 1 amide bonds. The van der Waals surface area contributed by atoms with Gasteiger partial charge in [-0.3, -0.25) is 0 Å². The molecular formula is C14H18BrFN2O3. The SMILES string of the molecule is CC(C)(C)OC(=O)N[C@H]1C[C@](O)(c2ccc(Br)nc2F)C1. The Kier molecular flexibility index (Phi) is 4.26. The van der Waals surface area contributed by atoms with Crippen molar-refractivity contribution in [1.29, 1.82) is 0 Å². The number of nitrogens with one attached hydrogen (secondary N) is 1. The van der Waals surface area contributed by atoms with Gasteiger partial charge >= 0.3 is 6.09 Å². The summed E-state index contributed by atoms with van der Waals surface area (Å²) in [5, 5.41) is 13.0. The molecule has 21 heavy (non-hydrogen) atoms. The number of aliphatic hydroxyl groups is 1. The molecule has 1 aliphatic carbocycles. The number of carbonyl (C=O) groups excluding carboxylic acids is 1. The third-order valence-electron chi connectivity index (χ3n) is 3.21. The first kappa shape index (κ1) is 16.2. The fraction of sp³-hybridized carbons (Fsp3) is 0.571. The molecule has 0 aliphatic heterocycles. The van der Waals surface area contributed by atoms with Crippen LogP contribution in [0.3, 0.4) is 0 Å². The highest BCUT2D eigenvalue weighted by atomic mass is 79.9. The first-order chi connectivity index (χ1) is 9.59. The number of halogens is 2. The molecule has 116 valence electrons. The zero-order valence-electron chi connectivity index (χ0n) is 12.1. The summed E-state index contributed by atoms with van der Waals surface area (Å²) in [5.74, 6) is -0.706. The normalized spacial score (nSPS) is 25.1. The minimum Gasteiger partial charge on any atom is -0.444 e. The van der Waals surface area contributed by atoms with Crippen LogP contribution in [0.5, 0.6) is 0 Å². The first-order valence-corrected chi connectivity index (χ1v) is 7.43. The molecule has 1 aliphatic rings. The van der Waals surface area contributed by atoms with E-state index in [9.17, 15) is 14.3 Å². The zero-order chi connectivity index (χ0) is 15.8. The summed E-state index contributed by atoms with van der Waals surface area (Å²) in [6.45, 7) is 5.31. The van der Waals surface area contributed by atoms with E-state index in [0.29, 0.717) is 4.60 Å². The van der Waals surface area contributed by atoms with Gasteiger partial charge < -0.3 is 15.2 Å². The predicted molar refractivity (Wildman–Crippen MR) is 78.2 cm³/mol. The third-order valence-corrected chi connectivity index (χ3v) is 3.65. The lowest BCUT2D eigenvalue weighted by Crippen LogP contribution is -2.54. The summed E-state index contributed by atoms with van der Waals surface area (Å²) in [6, 6.07) is 2.83. The number of hydrogen-bond acceptors (Lipinski definition) is 4. The van der Waals surface area contributed by atoms with E-state index in [-0.39, 0.29) is 24.4 Å². The molecule has 2 rings (SSSR count). The van der Waals surface area contributed by atoms with Crippen LogP contribution >= 0.6 is 15.9 Å². The number of aromatic nitrogens is 1. The van der Waals surface area contributed by atoms with Crippen LogP contribution in [0, 0.1) is 5.95 Å². The smallest absolute Gasteiger partial charge is 0.407 e. The molecule has 7 heteroatoms. The molecule has 0 radical (unpaired) electrons. The Bertz CT molecular complexity index is 554. The fourth-order valence-corrected chi connectivity index (χ4v) is 2.60. The molecule has 1 aromatic rings. The molecule has 0 bridgehead atoms. The lowest BCUT2D eigenvalue weighted by Gasteiger charge is -2.43. The summed E-state index contributed by atoms with van der Waals surface area (Å²) in [6.07, 6.45) is -0.0807. The van der Waals surface area contributed by atoms with E-state index in [1.54, 1.807) is 26.8 Å². The Hall–Kier alpha value is -1.21. The van der Waals surface area contributed by atoms with Gasteiger partial charge in [0.1, 0.15) is 10.2 Å². The number of carbonyl (C=O) groups is 1. The number of nitrogens with zero attached hydrogens (tertiary/aromatic N) is 1. The van der Waals surface area contributed by atoms with Crippen molar-refractivity contribution in [3.05, 3.63) is 28.2 Å². The van der Waals surface area contributed by atoms with Crippen molar-refractivity contribution >= 4 is 22.0 Å². The monoisotopic (exact) mass is 360 g/mol. The van der Waals surface area contributed by atoms with Crippen molar-refractivity contribution < 1.29 is 19.0 Å². The summed E-state index contributed by atoms with van der Waals surface area (Å²) in [4.78, 5) is 15.2. The lowest BCUT2D eigenvalue weighted by molar-refractivity contribution is -0.0656. The molecule has 1 aromatic heterocycles. The number of amides is 1. The van der Waals surface area contributed by atoms with Gasteiger partial charge in [0.2, 0.25) is 5.95 Å². The Morgan fingerprint density at radius 2 is 2.14 bits per heavy atom. The minimum atomic E-state index is -1.29. The molecule has 0 saturated heterocycles. The number of rotatable bonds is 2. The third kappa shape index (κ3) is 3.91. The van der Waals surface area contributed by atoms with Gasteiger partial charge in [-0.2, -0.15) is 4.39 Å². The van der Waals surface area contributed by atoms with Crippen molar-refractivity contribution in [3.63, 3.8) is 0 Å². The molecular weight excluding hydrogens is 343 g/mol. The number of hydrogen-bond donors (Lipinski definition) is 2. The van der Waals surface area contributed by atoms with Gasteiger partial charge in [0, 0.05) is 24.4 Å². The van der Waals surface area contributed by atoms with E-state index in [4.69, 9.17) is 4.74 Å². The Morgan fingerprint density at radius 1 is 1.52 bits per heavy atom. The van der Waals surface area contributed by atoms with Crippen LogP contribution in [-0.2, 0) is 10.3 Å². The Labute approximate surface area is 131 Å². The maximum absolute atomic E-state index is 13.8. The zero-order valence-corrected chi connectivity index (χ0v) is 13.7. The maximum atomic E-state index is 13.8. The fourth-order valence-electron chi connectivity index (χ4n) is 2.31. The molecule has 1 heterocycles. The van der Waals surface area contributed by atoms with Gasteiger partial charge in [0.15, 0.2) is 0 Å². The van der Waals surface area contributed by atoms with Gasteiger partial charge in [-0.15, -0.1) is 0 Å². The minimum absolute atomic E-state index is 0.146. The molecule has 1 fully saturated rings. The maximum Gasteiger partial charge on any atom is 0.407 e. The van der Waals surface area contributed by atoms with E-state index >= 15 is 0 Å².